The van der Waals surface area contributed by atoms with E-state index in [1.54, 1.807) is 0 Å². The van der Waals surface area contributed by atoms with E-state index in [0.717, 1.165) is 31.2 Å². The molecular weight excluding hydrogens is 312 g/mol. The van der Waals surface area contributed by atoms with Crippen LogP contribution in [-0.4, -0.2) is 24.9 Å². The van der Waals surface area contributed by atoms with Crippen molar-refractivity contribution in [2.24, 2.45) is 11.8 Å². The third-order valence-corrected chi connectivity index (χ3v) is 4.38. The normalized spacial score (nSPS) is 19.2. The lowest BCUT2D eigenvalue weighted by atomic mass is 10.1. The predicted octanol–water partition coefficient (Wildman–Crippen LogP) is 2.94. The summed E-state index contributed by atoms with van der Waals surface area (Å²) in [6.07, 6.45) is 4.68. The second-order valence-electron chi connectivity index (χ2n) is 6.12. The summed E-state index contributed by atoms with van der Waals surface area (Å²) in [6.45, 7) is 3.42. The van der Waals surface area contributed by atoms with Crippen LogP contribution in [0, 0.1) is 11.8 Å². The van der Waals surface area contributed by atoms with Gasteiger partial charge < -0.3 is 10.6 Å². The van der Waals surface area contributed by atoms with Crippen molar-refractivity contribution in [2.45, 2.75) is 39.0 Å². The monoisotopic (exact) mass is 336 g/mol. The predicted molar refractivity (Wildman–Crippen MR) is 92.3 cm³/mol. The summed E-state index contributed by atoms with van der Waals surface area (Å²) < 4.78 is 0. The lowest BCUT2D eigenvalue weighted by Crippen LogP contribution is -2.31. The molecule has 1 saturated carbocycles. The molecule has 0 bridgehead atoms. The molecular formula is C18H25ClN2O2. The molecule has 1 fully saturated rings. The first kappa shape index (κ1) is 17.8. The van der Waals surface area contributed by atoms with Crippen molar-refractivity contribution in [3.8, 4) is 0 Å². The van der Waals surface area contributed by atoms with Crippen LogP contribution in [0.4, 0.5) is 0 Å². The largest absolute Gasteiger partial charge is 0.356 e. The van der Waals surface area contributed by atoms with E-state index in [4.69, 9.17) is 11.6 Å². The molecule has 5 heteroatoms. The highest BCUT2D eigenvalue weighted by atomic mass is 35.5. The number of rotatable bonds is 9. The summed E-state index contributed by atoms with van der Waals surface area (Å²) in [5.41, 5.74) is 1.10. The minimum absolute atomic E-state index is 0.0132. The molecule has 2 atom stereocenters. The first-order valence-corrected chi connectivity index (χ1v) is 8.79. The van der Waals surface area contributed by atoms with Gasteiger partial charge in [0.2, 0.25) is 11.8 Å². The van der Waals surface area contributed by atoms with Crippen LogP contribution in [0.15, 0.2) is 24.3 Å². The summed E-state index contributed by atoms with van der Waals surface area (Å²) in [7, 11) is 0. The van der Waals surface area contributed by atoms with E-state index in [1.165, 1.54) is 0 Å². The second-order valence-corrected chi connectivity index (χ2v) is 6.55. The van der Waals surface area contributed by atoms with Crippen molar-refractivity contribution in [1.82, 2.24) is 10.6 Å². The number of amides is 2. The van der Waals surface area contributed by atoms with Gasteiger partial charge in [0.1, 0.15) is 0 Å². The van der Waals surface area contributed by atoms with Gasteiger partial charge in [-0.25, -0.2) is 0 Å². The maximum Gasteiger partial charge on any atom is 0.223 e. The standard InChI is InChI=1S/C18H25ClN2O2/c1-2-3-4-9-20-17(22)15-12-16(15)18(23)21-10-8-13-6-5-7-14(19)11-13/h5-7,11,15-16H,2-4,8-10,12H2,1H3,(H,20,22)(H,21,23). The van der Waals surface area contributed by atoms with Crippen molar-refractivity contribution in [2.75, 3.05) is 13.1 Å². The Morgan fingerprint density at radius 1 is 1.13 bits per heavy atom. The highest BCUT2D eigenvalue weighted by Gasteiger charge is 2.47. The zero-order chi connectivity index (χ0) is 16.7. The zero-order valence-electron chi connectivity index (χ0n) is 13.6. The van der Waals surface area contributed by atoms with Gasteiger partial charge in [-0.05, 0) is 37.0 Å². The fourth-order valence-corrected chi connectivity index (χ4v) is 2.86. The minimum Gasteiger partial charge on any atom is -0.356 e. The first-order valence-electron chi connectivity index (χ1n) is 8.41. The molecule has 1 aromatic carbocycles. The summed E-state index contributed by atoms with van der Waals surface area (Å²) in [4.78, 5) is 23.9. The smallest absolute Gasteiger partial charge is 0.223 e. The molecule has 4 nitrogen and oxygen atoms in total. The van der Waals surface area contributed by atoms with Crippen LogP contribution in [0.1, 0.15) is 38.2 Å². The molecule has 2 amide bonds. The Hall–Kier alpha value is -1.55. The fraction of sp³-hybridized carbons (Fsp3) is 0.556. The second kappa shape index (κ2) is 8.92. The number of hydrogen-bond donors (Lipinski definition) is 2. The van der Waals surface area contributed by atoms with E-state index in [9.17, 15) is 9.59 Å². The molecule has 1 aliphatic rings. The summed E-state index contributed by atoms with van der Waals surface area (Å²) in [5.74, 6) is -0.278. The lowest BCUT2D eigenvalue weighted by molar-refractivity contribution is -0.127. The molecule has 1 aliphatic carbocycles. The van der Waals surface area contributed by atoms with Crippen LogP contribution in [0.3, 0.4) is 0 Å². The molecule has 0 radical (unpaired) electrons. The van der Waals surface area contributed by atoms with Gasteiger partial charge in [-0.1, -0.05) is 43.5 Å². The van der Waals surface area contributed by atoms with Crippen LogP contribution >= 0.6 is 11.6 Å². The fourth-order valence-electron chi connectivity index (χ4n) is 2.65. The third kappa shape index (κ3) is 5.87. The number of carbonyl (C=O) groups is 2. The Kier molecular flexibility index (Phi) is 6.90. The van der Waals surface area contributed by atoms with Gasteiger partial charge in [0.15, 0.2) is 0 Å². The number of unbranched alkanes of at least 4 members (excludes halogenated alkanes) is 2. The number of halogens is 1. The Morgan fingerprint density at radius 2 is 1.83 bits per heavy atom. The molecule has 0 saturated heterocycles. The Balaban J connectivity index is 1.63. The van der Waals surface area contributed by atoms with Gasteiger partial charge in [-0.2, -0.15) is 0 Å². The van der Waals surface area contributed by atoms with Crippen molar-refractivity contribution >= 4 is 23.4 Å². The van der Waals surface area contributed by atoms with Gasteiger partial charge in [0, 0.05) is 18.1 Å². The highest BCUT2D eigenvalue weighted by molar-refractivity contribution is 6.30. The average Bonchev–Trinajstić information content (AvgIpc) is 3.32. The molecule has 2 unspecified atom stereocenters. The maximum absolute atomic E-state index is 12.0. The van der Waals surface area contributed by atoms with Crippen molar-refractivity contribution in [3.05, 3.63) is 34.9 Å². The van der Waals surface area contributed by atoms with Gasteiger partial charge in [0.25, 0.3) is 0 Å². The van der Waals surface area contributed by atoms with Crippen molar-refractivity contribution in [3.63, 3.8) is 0 Å². The van der Waals surface area contributed by atoms with E-state index >= 15 is 0 Å². The first-order chi connectivity index (χ1) is 11.1. The van der Waals surface area contributed by atoms with E-state index in [0.29, 0.717) is 24.5 Å². The number of benzene rings is 1. The SMILES string of the molecule is CCCCCNC(=O)C1CC1C(=O)NCCc1cccc(Cl)c1. The third-order valence-electron chi connectivity index (χ3n) is 4.15. The van der Waals surface area contributed by atoms with E-state index < -0.39 is 0 Å². The average molecular weight is 337 g/mol. The summed E-state index contributed by atoms with van der Waals surface area (Å²) in [5, 5.41) is 6.54. The summed E-state index contributed by atoms with van der Waals surface area (Å²) in [6, 6.07) is 7.62. The molecule has 1 aromatic rings. The highest BCUT2D eigenvalue weighted by Crippen LogP contribution is 2.38. The molecule has 126 valence electrons. The number of nitrogens with one attached hydrogen (secondary N) is 2. The van der Waals surface area contributed by atoms with Gasteiger partial charge in [-0.15, -0.1) is 0 Å². The molecule has 2 N–H and O–H groups in total. The van der Waals surface area contributed by atoms with E-state index in [1.807, 2.05) is 24.3 Å². The summed E-state index contributed by atoms with van der Waals surface area (Å²) >= 11 is 5.93. The molecule has 2 rings (SSSR count). The van der Waals surface area contributed by atoms with Crippen LogP contribution in [0.5, 0.6) is 0 Å². The molecule has 0 aromatic heterocycles. The Labute approximate surface area is 143 Å². The molecule has 0 heterocycles. The van der Waals surface area contributed by atoms with E-state index in [2.05, 4.69) is 17.6 Å². The van der Waals surface area contributed by atoms with Crippen molar-refractivity contribution < 1.29 is 9.59 Å². The number of hydrogen-bond acceptors (Lipinski definition) is 2. The lowest BCUT2D eigenvalue weighted by Gasteiger charge is -2.06. The van der Waals surface area contributed by atoms with Crippen LogP contribution < -0.4 is 10.6 Å². The Morgan fingerprint density at radius 3 is 2.48 bits per heavy atom. The Bertz CT molecular complexity index is 548. The molecule has 0 aliphatic heterocycles. The molecule has 23 heavy (non-hydrogen) atoms. The topological polar surface area (TPSA) is 58.2 Å². The van der Waals surface area contributed by atoms with Gasteiger partial charge in [0.05, 0.1) is 11.8 Å². The van der Waals surface area contributed by atoms with Crippen molar-refractivity contribution in [1.29, 1.82) is 0 Å². The zero-order valence-corrected chi connectivity index (χ0v) is 14.4. The van der Waals surface area contributed by atoms with Crippen LogP contribution in [-0.2, 0) is 16.0 Å². The maximum atomic E-state index is 12.0. The van der Waals surface area contributed by atoms with Crippen LogP contribution in [0.2, 0.25) is 5.02 Å². The van der Waals surface area contributed by atoms with Crippen LogP contribution in [0.25, 0.3) is 0 Å². The van der Waals surface area contributed by atoms with E-state index in [-0.39, 0.29) is 23.7 Å². The van der Waals surface area contributed by atoms with Gasteiger partial charge >= 0.3 is 0 Å². The molecule has 0 spiro atoms. The number of carbonyl (C=O) groups excluding carboxylic acids is 2. The quantitative estimate of drug-likeness (QED) is 0.681. The van der Waals surface area contributed by atoms with Gasteiger partial charge in [-0.3, -0.25) is 9.59 Å². The minimum atomic E-state index is -0.152.